The van der Waals surface area contributed by atoms with Crippen molar-refractivity contribution in [1.29, 1.82) is 0 Å². The van der Waals surface area contributed by atoms with Gasteiger partial charge in [-0.15, -0.1) is 0 Å². The van der Waals surface area contributed by atoms with Crippen molar-refractivity contribution in [1.82, 2.24) is 15.6 Å². The van der Waals surface area contributed by atoms with E-state index < -0.39 is 0 Å². The summed E-state index contributed by atoms with van der Waals surface area (Å²) in [5.74, 6) is 0.818. The Labute approximate surface area is 111 Å². The monoisotopic (exact) mass is 257 g/mol. The van der Waals surface area contributed by atoms with E-state index >= 15 is 0 Å². The van der Waals surface area contributed by atoms with Gasteiger partial charge >= 0.3 is 0 Å². The van der Waals surface area contributed by atoms with Gasteiger partial charge in [0, 0.05) is 31.1 Å². The Morgan fingerprint density at radius 2 is 2.16 bits per heavy atom. The maximum Gasteiger partial charge on any atom is 0.273 e. The first-order valence-electron chi connectivity index (χ1n) is 6.33. The summed E-state index contributed by atoms with van der Waals surface area (Å²) < 4.78 is 5.33. The smallest absolute Gasteiger partial charge is 0.273 e. The third kappa shape index (κ3) is 2.66. The molecule has 1 aromatic carbocycles. The lowest BCUT2D eigenvalue weighted by Crippen LogP contribution is -2.48. The van der Waals surface area contributed by atoms with Crippen LogP contribution in [0.1, 0.15) is 10.5 Å². The van der Waals surface area contributed by atoms with Crippen LogP contribution >= 0.6 is 0 Å². The zero-order valence-corrected chi connectivity index (χ0v) is 10.4. The first kappa shape index (κ1) is 11.9. The van der Waals surface area contributed by atoms with Crippen molar-refractivity contribution in [3.8, 4) is 11.5 Å². The van der Waals surface area contributed by atoms with Crippen molar-refractivity contribution in [3.05, 3.63) is 42.3 Å². The number of hydrogen-bond donors (Lipinski definition) is 2. The molecule has 1 aliphatic heterocycles. The lowest BCUT2D eigenvalue weighted by Gasteiger charge is -2.26. The Hall–Kier alpha value is -2.14. The number of carbonyl (C=O) groups is 1. The Morgan fingerprint density at radius 3 is 2.84 bits per heavy atom. The number of amides is 1. The molecule has 1 aliphatic rings. The number of oxazole rings is 1. The standard InChI is InChI=1S/C14H15N3O2/c18-13(16-8-10-6-15-7-10)12-9-19-14(17-12)11-4-2-1-3-5-11/h1-5,9-10,15H,6-8H2,(H,16,18). The van der Waals surface area contributed by atoms with Gasteiger partial charge in [-0.1, -0.05) is 18.2 Å². The van der Waals surface area contributed by atoms with E-state index in [2.05, 4.69) is 15.6 Å². The fraction of sp³-hybridized carbons (Fsp3) is 0.286. The summed E-state index contributed by atoms with van der Waals surface area (Å²) in [5, 5.41) is 6.03. The van der Waals surface area contributed by atoms with Crippen molar-refractivity contribution < 1.29 is 9.21 Å². The van der Waals surface area contributed by atoms with Gasteiger partial charge < -0.3 is 15.1 Å². The van der Waals surface area contributed by atoms with Gasteiger partial charge in [0.05, 0.1) is 0 Å². The summed E-state index contributed by atoms with van der Waals surface area (Å²) in [7, 11) is 0. The minimum atomic E-state index is -0.183. The van der Waals surface area contributed by atoms with Crippen LogP contribution in [0, 0.1) is 5.92 Å². The molecule has 2 heterocycles. The molecule has 0 radical (unpaired) electrons. The fourth-order valence-corrected chi connectivity index (χ4v) is 1.91. The quantitative estimate of drug-likeness (QED) is 0.866. The summed E-state index contributed by atoms with van der Waals surface area (Å²) in [6, 6.07) is 9.53. The van der Waals surface area contributed by atoms with Gasteiger partial charge in [-0.2, -0.15) is 0 Å². The number of carbonyl (C=O) groups excluding carboxylic acids is 1. The maximum atomic E-state index is 11.9. The van der Waals surface area contributed by atoms with Crippen LogP contribution < -0.4 is 10.6 Å². The van der Waals surface area contributed by atoms with Gasteiger partial charge in [-0.25, -0.2) is 4.98 Å². The molecule has 98 valence electrons. The van der Waals surface area contributed by atoms with Crippen molar-refractivity contribution >= 4 is 5.91 Å². The number of nitrogens with one attached hydrogen (secondary N) is 2. The molecular weight excluding hydrogens is 242 g/mol. The summed E-state index contributed by atoms with van der Waals surface area (Å²) in [6.07, 6.45) is 1.40. The molecule has 1 aromatic heterocycles. The van der Waals surface area contributed by atoms with Crippen molar-refractivity contribution in [3.63, 3.8) is 0 Å². The molecule has 0 saturated carbocycles. The second-order valence-corrected chi connectivity index (χ2v) is 4.64. The highest BCUT2D eigenvalue weighted by molar-refractivity contribution is 5.92. The van der Waals surface area contributed by atoms with E-state index in [1.54, 1.807) is 0 Å². The Balaban J connectivity index is 1.65. The van der Waals surface area contributed by atoms with Crippen molar-refractivity contribution in [2.75, 3.05) is 19.6 Å². The summed E-state index contributed by atoms with van der Waals surface area (Å²) in [4.78, 5) is 16.1. The number of nitrogens with zero attached hydrogens (tertiary/aromatic N) is 1. The highest BCUT2D eigenvalue weighted by atomic mass is 16.3. The van der Waals surface area contributed by atoms with Crippen LogP contribution in [0.4, 0.5) is 0 Å². The van der Waals surface area contributed by atoms with Gasteiger partial charge in [0.15, 0.2) is 5.69 Å². The van der Waals surface area contributed by atoms with E-state index in [4.69, 9.17) is 4.42 Å². The zero-order chi connectivity index (χ0) is 13.1. The number of rotatable bonds is 4. The van der Waals surface area contributed by atoms with Crippen LogP contribution in [-0.2, 0) is 0 Å². The molecule has 5 heteroatoms. The van der Waals surface area contributed by atoms with E-state index in [9.17, 15) is 4.79 Å². The second-order valence-electron chi connectivity index (χ2n) is 4.64. The molecule has 19 heavy (non-hydrogen) atoms. The van der Waals surface area contributed by atoms with Crippen LogP contribution in [0.3, 0.4) is 0 Å². The normalized spacial score (nSPS) is 14.9. The highest BCUT2D eigenvalue weighted by Gasteiger charge is 2.19. The Morgan fingerprint density at radius 1 is 1.37 bits per heavy atom. The van der Waals surface area contributed by atoms with E-state index in [-0.39, 0.29) is 5.91 Å². The second kappa shape index (κ2) is 5.24. The Kier molecular flexibility index (Phi) is 3.29. The maximum absolute atomic E-state index is 11.9. The van der Waals surface area contributed by atoms with E-state index in [0.717, 1.165) is 18.7 Å². The molecule has 5 nitrogen and oxygen atoms in total. The van der Waals surface area contributed by atoms with Crippen molar-refractivity contribution in [2.45, 2.75) is 0 Å². The third-order valence-corrected chi connectivity index (χ3v) is 3.17. The zero-order valence-electron chi connectivity index (χ0n) is 10.4. The molecule has 0 aliphatic carbocycles. The SMILES string of the molecule is O=C(NCC1CNC1)c1coc(-c2ccccc2)n1. The molecule has 1 fully saturated rings. The van der Waals surface area contributed by atoms with Gasteiger partial charge in [-0.3, -0.25) is 4.79 Å². The number of aromatic nitrogens is 1. The van der Waals surface area contributed by atoms with Gasteiger partial charge in [-0.05, 0) is 12.1 Å². The van der Waals surface area contributed by atoms with E-state index in [0.29, 0.717) is 24.0 Å². The first-order valence-corrected chi connectivity index (χ1v) is 6.33. The lowest BCUT2D eigenvalue weighted by molar-refractivity contribution is 0.0937. The minimum absolute atomic E-state index is 0.183. The predicted octanol–water partition coefficient (Wildman–Crippen LogP) is 1.29. The molecule has 2 aromatic rings. The third-order valence-electron chi connectivity index (χ3n) is 3.17. The first-order chi connectivity index (χ1) is 9.33. The van der Waals surface area contributed by atoms with Crippen LogP contribution in [-0.4, -0.2) is 30.5 Å². The average molecular weight is 257 g/mol. The summed E-state index contributed by atoms with van der Waals surface area (Å²) in [5.41, 5.74) is 1.19. The summed E-state index contributed by atoms with van der Waals surface area (Å²) >= 11 is 0. The molecule has 0 unspecified atom stereocenters. The van der Waals surface area contributed by atoms with Gasteiger partial charge in [0.25, 0.3) is 5.91 Å². The molecule has 0 atom stereocenters. The number of hydrogen-bond acceptors (Lipinski definition) is 4. The largest absolute Gasteiger partial charge is 0.444 e. The number of benzene rings is 1. The Bertz CT molecular complexity index is 561. The topological polar surface area (TPSA) is 67.2 Å². The van der Waals surface area contributed by atoms with Gasteiger partial charge in [0.1, 0.15) is 6.26 Å². The minimum Gasteiger partial charge on any atom is -0.444 e. The van der Waals surface area contributed by atoms with Crippen molar-refractivity contribution in [2.24, 2.45) is 5.92 Å². The van der Waals surface area contributed by atoms with E-state index in [1.165, 1.54) is 6.26 Å². The highest BCUT2D eigenvalue weighted by Crippen LogP contribution is 2.17. The molecule has 2 N–H and O–H groups in total. The molecule has 0 bridgehead atoms. The predicted molar refractivity (Wildman–Crippen MR) is 70.6 cm³/mol. The van der Waals surface area contributed by atoms with Crippen LogP contribution in [0.15, 0.2) is 41.0 Å². The van der Waals surface area contributed by atoms with Crippen LogP contribution in [0.2, 0.25) is 0 Å². The van der Waals surface area contributed by atoms with Crippen LogP contribution in [0.25, 0.3) is 11.5 Å². The molecular formula is C14H15N3O2. The molecule has 1 saturated heterocycles. The molecule has 0 spiro atoms. The van der Waals surface area contributed by atoms with Gasteiger partial charge in [0.2, 0.25) is 5.89 Å². The lowest BCUT2D eigenvalue weighted by atomic mass is 10.0. The summed E-state index contributed by atoms with van der Waals surface area (Å²) in [6.45, 7) is 2.61. The average Bonchev–Trinajstić information content (AvgIpc) is 2.87. The molecule has 1 amide bonds. The van der Waals surface area contributed by atoms with Crippen LogP contribution in [0.5, 0.6) is 0 Å². The molecule has 3 rings (SSSR count). The van der Waals surface area contributed by atoms with E-state index in [1.807, 2.05) is 30.3 Å². The fourth-order valence-electron chi connectivity index (χ4n) is 1.91.